The molecule has 0 aliphatic heterocycles. The maximum absolute atomic E-state index is 14.7. The number of nitrogens with one attached hydrogen (secondary N) is 2. The lowest BCUT2D eigenvalue weighted by molar-refractivity contribution is 0.0960. The van der Waals surface area contributed by atoms with E-state index in [2.05, 4.69) is 19.9 Å². The number of aromatic nitrogens is 4. The minimum absolute atomic E-state index is 0.0526. The van der Waals surface area contributed by atoms with Gasteiger partial charge in [0.25, 0.3) is 11.8 Å². The fourth-order valence-electron chi connectivity index (χ4n) is 2.57. The molecule has 2 aromatic heterocycles. The minimum Gasteiger partial charge on any atom is -0.494 e. The van der Waals surface area contributed by atoms with Gasteiger partial charge in [-0.1, -0.05) is 6.07 Å². The fraction of sp³-hybridized carbons (Fsp3) is 0.176. The molecule has 0 spiro atoms. The van der Waals surface area contributed by atoms with E-state index >= 15 is 0 Å². The van der Waals surface area contributed by atoms with Gasteiger partial charge < -0.3 is 20.4 Å². The van der Waals surface area contributed by atoms with Gasteiger partial charge >= 0.3 is 0 Å². The largest absolute Gasteiger partial charge is 0.494 e. The number of ether oxygens (including phenoxy) is 1. The summed E-state index contributed by atoms with van der Waals surface area (Å²) in [6, 6.07) is 4.13. The number of benzene rings is 1. The van der Waals surface area contributed by atoms with Crippen LogP contribution < -0.4 is 15.4 Å². The number of nitrogens with two attached hydrogens (primary N) is 1. The summed E-state index contributed by atoms with van der Waals surface area (Å²) in [5.74, 6) is -2.24. The molecule has 10 heteroatoms. The van der Waals surface area contributed by atoms with Gasteiger partial charge in [0.15, 0.2) is 11.5 Å². The van der Waals surface area contributed by atoms with Crippen LogP contribution in [0.5, 0.6) is 5.75 Å². The SMILES string of the molecule is COc1cccc(F)c1N(C(=O)c1nc[nH]c1C(N)=O)c1nc(C)c(C)[nH]1. The number of anilines is 2. The lowest BCUT2D eigenvalue weighted by Gasteiger charge is -2.22. The molecule has 140 valence electrons. The number of methoxy groups -OCH3 is 1. The fourth-order valence-corrected chi connectivity index (χ4v) is 2.57. The van der Waals surface area contributed by atoms with Gasteiger partial charge in [0.2, 0.25) is 5.95 Å². The molecular formula is C17H17FN6O3. The zero-order chi connectivity index (χ0) is 19.7. The second-order valence-corrected chi connectivity index (χ2v) is 5.69. The Balaban J connectivity index is 2.25. The second kappa shape index (κ2) is 6.90. The van der Waals surface area contributed by atoms with Crippen LogP contribution in [-0.4, -0.2) is 38.9 Å². The van der Waals surface area contributed by atoms with Crippen LogP contribution in [0.2, 0.25) is 0 Å². The number of hydrogen-bond acceptors (Lipinski definition) is 5. The van der Waals surface area contributed by atoms with Crippen LogP contribution in [0.1, 0.15) is 32.4 Å². The van der Waals surface area contributed by atoms with E-state index in [4.69, 9.17) is 10.5 Å². The summed E-state index contributed by atoms with van der Waals surface area (Å²) >= 11 is 0. The van der Waals surface area contributed by atoms with Crippen molar-refractivity contribution in [3.8, 4) is 5.75 Å². The van der Waals surface area contributed by atoms with E-state index in [-0.39, 0.29) is 28.8 Å². The third-order valence-corrected chi connectivity index (χ3v) is 4.01. The van der Waals surface area contributed by atoms with Gasteiger partial charge in [-0.05, 0) is 26.0 Å². The van der Waals surface area contributed by atoms with Gasteiger partial charge in [0.1, 0.15) is 17.1 Å². The number of H-pyrrole nitrogens is 2. The summed E-state index contributed by atoms with van der Waals surface area (Å²) in [6.07, 6.45) is 1.16. The molecule has 1 aromatic carbocycles. The summed E-state index contributed by atoms with van der Waals surface area (Å²) in [4.78, 5) is 39.4. The maximum Gasteiger partial charge on any atom is 0.286 e. The number of halogens is 1. The number of hydrogen-bond donors (Lipinski definition) is 3. The number of aromatic amines is 2. The molecule has 0 aliphatic carbocycles. The number of rotatable bonds is 5. The Bertz CT molecular complexity index is 1010. The van der Waals surface area contributed by atoms with E-state index in [1.54, 1.807) is 13.8 Å². The van der Waals surface area contributed by atoms with E-state index in [1.807, 2.05) is 0 Å². The highest BCUT2D eigenvalue weighted by molar-refractivity contribution is 6.14. The molecule has 2 amide bonds. The lowest BCUT2D eigenvalue weighted by atomic mass is 10.2. The molecule has 0 unspecified atom stereocenters. The first-order valence-corrected chi connectivity index (χ1v) is 7.88. The molecule has 0 aliphatic rings. The van der Waals surface area contributed by atoms with Crippen molar-refractivity contribution in [2.45, 2.75) is 13.8 Å². The number of nitrogens with zero attached hydrogens (tertiary/aromatic N) is 3. The summed E-state index contributed by atoms with van der Waals surface area (Å²) in [5, 5.41) is 0. The van der Waals surface area contributed by atoms with Gasteiger partial charge in [-0.2, -0.15) is 0 Å². The van der Waals surface area contributed by atoms with Crippen molar-refractivity contribution < 1.29 is 18.7 Å². The average molecular weight is 372 g/mol. The highest BCUT2D eigenvalue weighted by Gasteiger charge is 2.32. The van der Waals surface area contributed by atoms with E-state index < -0.39 is 17.6 Å². The lowest BCUT2D eigenvalue weighted by Crippen LogP contribution is -2.31. The van der Waals surface area contributed by atoms with Crippen LogP contribution in [0.4, 0.5) is 16.0 Å². The summed E-state index contributed by atoms with van der Waals surface area (Å²) in [6.45, 7) is 3.50. The Morgan fingerprint density at radius 2 is 2.04 bits per heavy atom. The molecule has 4 N–H and O–H groups in total. The highest BCUT2D eigenvalue weighted by Crippen LogP contribution is 2.36. The molecule has 0 saturated heterocycles. The molecular weight excluding hydrogens is 355 g/mol. The van der Waals surface area contributed by atoms with Crippen molar-refractivity contribution in [1.29, 1.82) is 0 Å². The summed E-state index contributed by atoms with van der Waals surface area (Å²) in [5.41, 5.74) is 5.97. The van der Waals surface area contributed by atoms with Crippen LogP contribution in [0.3, 0.4) is 0 Å². The number of primary amides is 1. The molecule has 2 heterocycles. The van der Waals surface area contributed by atoms with E-state index in [0.717, 1.165) is 11.2 Å². The minimum atomic E-state index is -0.872. The first-order valence-electron chi connectivity index (χ1n) is 7.88. The number of para-hydroxylation sites is 1. The smallest absolute Gasteiger partial charge is 0.286 e. The van der Waals surface area contributed by atoms with E-state index in [9.17, 15) is 14.0 Å². The van der Waals surface area contributed by atoms with Gasteiger partial charge in [0.05, 0.1) is 19.1 Å². The normalized spacial score (nSPS) is 10.7. The van der Waals surface area contributed by atoms with Gasteiger partial charge in [-0.15, -0.1) is 0 Å². The Morgan fingerprint density at radius 3 is 2.63 bits per heavy atom. The first-order chi connectivity index (χ1) is 12.8. The van der Waals surface area contributed by atoms with Crippen LogP contribution in [0.25, 0.3) is 0 Å². The van der Waals surface area contributed by atoms with Crippen molar-refractivity contribution in [3.05, 3.63) is 53.1 Å². The zero-order valence-corrected chi connectivity index (χ0v) is 14.8. The van der Waals surface area contributed by atoms with Crippen molar-refractivity contribution in [2.75, 3.05) is 12.0 Å². The van der Waals surface area contributed by atoms with Gasteiger partial charge in [0, 0.05) is 5.69 Å². The Labute approximate surface area is 153 Å². The molecule has 0 radical (unpaired) electrons. The van der Waals surface area contributed by atoms with Crippen LogP contribution in [-0.2, 0) is 0 Å². The Morgan fingerprint density at radius 1 is 1.30 bits per heavy atom. The molecule has 27 heavy (non-hydrogen) atoms. The second-order valence-electron chi connectivity index (χ2n) is 5.69. The molecule has 0 fully saturated rings. The van der Waals surface area contributed by atoms with E-state index in [1.165, 1.54) is 25.3 Å². The number of aryl methyl sites for hydroxylation is 2. The number of amides is 2. The number of imidazole rings is 2. The Hall–Kier alpha value is -3.69. The van der Waals surface area contributed by atoms with Crippen LogP contribution in [0.15, 0.2) is 24.5 Å². The van der Waals surface area contributed by atoms with Crippen LogP contribution in [0, 0.1) is 19.7 Å². The molecule has 9 nitrogen and oxygen atoms in total. The quantitative estimate of drug-likeness (QED) is 0.630. The predicted octanol–water partition coefficient (Wildman–Crippen LogP) is 1.97. The Kier molecular flexibility index (Phi) is 4.63. The third-order valence-electron chi connectivity index (χ3n) is 4.01. The van der Waals surface area contributed by atoms with Crippen molar-refractivity contribution in [2.24, 2.45) is 5.73 Å². The van der Waals surface area contributed by atoms with Gasteiger partial charge in [-0.25, -0.2) is 19.3 Å². The molecule has 0 atom stereocenters. The van der Waals surface area contributed by atoms with E-state index in [0.29, 0.717) is 11.4 Å². The predicted molar refractivity (Wildman–Crippen MR) is 94.6 cm³/mol. The molecule has 0 bridgehead atoms. The maximum atomic E-state index is 14.7. The summed E-state index contributed by atoms with van der Waals surface area (Å²) < 4.78 is 19.9. The highest BCUT2D eigenvalue weighted by atomic mass is 19.1. The standard InChI is InChI=1S/C17H17FN6O3/c1-8-9(2)23-17(22-8)24(14-10(18)5-4-6-11(14)27-3)16(26)13-12(15(19)25)20-7-21-13/h4-7H,1-3H3,(H2,19,25)(H,20,21)(H,22,23). The first kappa shape index (κ1) is 18.1. The number of carbonyl (C=O) groups excluding carboxylic acids is 2. The third kappa shape index (κ3) is 3.12. The van der Waals surface area contributed by atoms with Crippen molar-refractivity contribution >= 4 is 23.5 Å². The van der Waals surface area contributed by atoms with Gasteiger partial charge in [-0.3, -0.25) is 9.59 Å². The molecule has 3 rings (SSSR count). The van der Waals surface area contributed by atoms with Crippen molar-refractivity contribution in [1.82, 2.24) is 19.9 Å². The van der Waals surface area contributed by atoms with Crippen molar-refractivity contribution in [3.63, 3.8) is 0 Å². The summed E-state index contributed by atoms with van der Waals surface area (Å²) in [7, 11) is 1.35. The molecule has 0 saturated carbocycles. The monoisotopic (exact) mass is 372 g/mol. The van der Waals surface area contributed by atoms with Crippen LogP contribution >= 0.6 is 0 Å². The zero-order valence-electron chi connectivity index (χ0n) is 14.8. The molecule has 3 aromatic rings. The topological polar surface area (TPSA) is 130 Å². The number of carbonyl (C=O) groups is 2. The average Bonchev–Trinajstić information content (AvgIpc) is 3.24.